The number of nitrogens with one attached hydrogen (secondary N) is 1. The van der Waals surface area contributed by atoms with E-state index in [1.165, 1.54) is 24.3 Å². The van der Waals surface area contributed by atoms with Gasteiger partial charge in [0.1, 0.15) is 0 Å². The van der Waals surface area contributed by atoms with Crippen molar-refractivity contribution in [2.75, 3.05) is 6.54 Å². The molecule has 2 unspecified atom stereocenters. The Kier molecular flexibility index (Phi) is 5.86. The first kappa shape index (κ1) is 19.8. The van der Waals surface area contributed by atoms with E-state index < -0.39 is 22.1 Å². The Morgan fingerprint density at radius 2 is 1.81 bits per heavy atom. The summed E-state index contributed by atoms with van der Waals surface area (Å²) in [7, 11) is -3.57. The minimum absolute atomic E-state index is 0.175. The molecule has 1 aliphatic carbocycles. The third-order valence-corrected chi connectivity index (χ3v) is 6.49. The molecule has 0 bridgehead atoms. The van der Waals surface area contributed by atoms with Crippen LogP contribution in [0.25, 0.3) is 0 Å². The second kappa shape index (κ2) is 7.98. The van der Waals surface area contributed by atoms with Crippen molar-refractivity contribution in [2.45, 2.75) is 30.3 Å². The zero-order chi connectivity index (χ0) is 19.6. The summed E-state index contributed by atoms with van der Waals surface area (Å²) in [6.07, 6.45) is 0.679. The van der Waals surface area contributed by atoms with Gasteiger partial charge in [-0.05, 0) is 66.1 Å². The highest BCUT2D eigenvalue weighted by atomic mass is 35.5. The highest BCUT2D eigenvalue weighted by molar-refractivity contribution is 7.89. The first-order chi connectivity index (χ1) is 12.8. The fraction of sp³-hybridized carbons (Fsp3) is 0.316. The molecule has 3 N–H and O–H groups in total. The van der Waals surface area contributed by atoms with Crippen molar-refractivity contribution < 1.29 is 23.4 Å². The number of halogens is 1. The molecule has 0 saturated heterocycles. The van der Waals surface area contributed by atoms with E-state index in [0.717, 1.165) is 24.0 Å². The quantitative estimate of drug-likeness (QED) is 0.652. The molecule has 0 fully saturated rings. The van der Waals surface area contributed by atoms with Gasteiger partial charge in [-0.2, -0.15) is 0 Å². The lowest BCUT2D eigenvalue weighted by atomic mass is 10.0. The Balaban J connectivity index is 1.57. The van der Waals surface area contributed by atoms with Gasteiger partial charge in [0.2, 0.25) is 10.0 Å². The number of fused-ring (bicyclic) bond motifs is 1. The average molecular weight is 410 g/mol. The van der Waals surface area contributed by atoms with Crippen molar-refractivity contribution in [1.82, 2.24) is 4.72 Å². The van der Waals surface area contributed by atoms with Gasteiger partial charge in [0.25, 0.3) is 0 Å². The summed E-state index contributed by atoms with van der Waals surface area (Å²) >= 11 is 5.78. The minimum Gasteiger partial charge on any atom is -0.479 e. The van der Waals surface area contributed by atoms with Gasteiger partial charge in [-0.3, -0.25) is 0 Å². The van der Waals surface area contributed by atoms with Crippen LogP contribution in [-0.2, 0) is 27.7 Å². The fourth-order valence-electron chi connectivity index (χ4n) is 3.34. The Morgan fingerprint density at radius 3 is 2.48 bits per heavy atom. The van der Waals surface area contributed by atoms with Crippen molar-refractivity contribution in [3.05, 3.63) is 64.2 Å². The number of carboxylic acid groups (broad SMARTS) is 1. The van der Waals surface area contributed by atoms with Crippen LogP contribution in [0.5, 0.6) is 0 Å². The number of hydrogen-bond donors (Lipinski definition) is 3. The van der Waals surface area contributed by atoms with Crippen LogP contribution < -0.4 is 4.72 Å². The minimum atomic E-state index is -3.57. The van der Waals surface area contributed by atoms with Crippen LogP contribution in [0, 0.1) is 5.92 Å². The average Bonchev–Trinajstić information content (AvgIpc) is 3.03. The highest BCUT2D eigenvalue weighted by Gasteiger charge is 2.24. The summed E-state index contributed by atoms with van der Waals surface area (Å²) in [5, 5.41) is 19.1. The number of rotatable bonds is 7. The Hall–Kier alpha value is -1.93. The monoisotopic (exact) mass is 409 g/mol. The maximum Gasteiger partial charge on any atom is 0.337 e. The van der Waals surface area contributed by atoms with Crippen LogP contribution in [0.2, 0.25) is 5.02 Å². The third kappa shape index (κ3) is 4.68. The third-order valence-electron chi connectivity index (χ3n) is 4.77. The molecule has 0 heterocycles. The molecule has 0 aliphatic heterocycles. The summed E-state index contributed by atoms with van der Waals surface area (Å²) < 4.78 is 27.2. The Morgan fingerprint density at radius 1 is 1.15 bits per heavy atom. The molecular weight excluding hydrogens is 390 g/mol. The second-order valence-corrected chi connectivity index (χ2v) is 8.89. The first-order valence-electron chi connectivity index (χ1n) is 8.54. The molecule has 27 heavy (non-hydrogen) atoms. The van der Waals surface area contributed by atoms with Gasteiger partial charge in [0.15, 0.2) is 6.10 Å². The number of benzene rings is 2. The van der Waals surface area contributed by atoms with E-state index in [2.05, 4.69) is 4.72 Å². The van der Waals surface area contributed by atoms with Gasteiger partial charge in [-0.15, -0.1) is 0 Å². The smallest absolute Gasteiger partial charge is 0.337 e. The molecule has 1 aliphatic rings. The number of aliphatic hydroxyl groups excluding tert-OH is 1. The van der Waals surface area contributed by atoms with Crippen LogP contribution in [0.1, 0.15) is 29.2 Å². The SMILES string of the molecule is O=C(O)C(O)c1ccc2c(c1)CC(CCNS(=O)(=O)c1ccc(Cl)cc1)C2. The van der Waals surface area contributed by atoms with Crippen LogP contribution in [-0.4, -0.2) is 31.1 Å². The van der Waals surface area contributed by atoms with Gasteiger partial charge in [-0.25, -0.2) is 17.9 Å². The van der Waals surface area contributed by atoms with Gasteiger partial charge in [0.05, 0.1) is 4.90 Å². The van der Waals surface area contributed by atoms with E-state index in [4.69, 9.17) is 16.7 Å². The predicted octanol–water partition coefficient (Wildman–Crippen LogP) is 2.54. The zero-order valence-electron chi connectivity index (χ0n) is 14.4. The number of carboxylic acids is 1. The predicted molar refractivity (Wildman–Crippen MR) is 101 cm³/mol. The maximum absolute atomic E-state index is 12.3. The van der Waals surface area contributed by atoms with Gasteiger partial charge in [0, 0.05) is 11.6 Å². The molecule has 0 amide bonds. The summed E-state index contributed by atoms with van der Waals surface area (Å²) in [5.74, 6) is -1.01. The number of aliphatic hydroxyl groups is 1. The number of hydrogen-bond acceptors (Lipinski definition) is 4. The molecule has 0 radical (unpaired) electrons. The van der Waals surface area contributed by atoms with E-state index in [-0.39, 0.29) is 10.8 Å². The lowest BCUT2D eigenvalue weighted by molar-refractivity contribution is -0.146. The molecule has 3 rings (SSSR count). The van der Waals surface area contributed by atoms with E-state index >= 15 is 0 Å². The lowest BCUT2D eigenvalue weighted by Crippen LogP contribution is -2.26. The molecule has 0 saturated carbocycles. The largest absolute Gasteiger partial charge is 0.479 e. The maximum atomic E-state index is 12.3. The molecule has 0 spiro atoms. The van der Waals surface area contributed by atoms with Crippen molar-refractivity contribution >= 4 is 27.6 Å². The molecule has 0 aromatic heterocycles. The number of sulfonamides is 1. The highest BCUT2D eigenvalue weighted by Crippen LogP contribution is 2.31. The number of carbonyl (C=O) groups is 1. The van der Waals surface area contributed by atoms with Crippen LogP contribution in [0.4, 0.5) is 0 Å². The Bertz CT molecular complexity index is 943. The van der Waals surface area contributed by atoms with Crippen molar-refractivity contribution in [3.63, 3.8) is 0 Å². The fourth-order valence-corrected chi connectivity index (χ4v) is 4.51. The molecule has 8 heteroatoms. The van der Waals surface area contributed by atoms with Gasteiger partial charge < -0.3 is 10.2 Å². The topological polar surface area (TPSA) is 104 Å². The zero-order valence-corrected chi connectivity index (χ0v) is 16.0. The van der Waals surface area contributed by atoms with E-state index in [1.807, 2.05) is 6.07 Å². The van der Waals surface area contributed by atoms with E-state index in [1.54, 1.807) is 12.1 Å². The summed E-state index contributed by atoms with van der Waals surface area (Å²) in [4.78, 5) is 11.1. The first-order valence-corrected chi connectivity index (χ1v) is 10.4. The number of aliphatic carboxylic acids is 1. The van der Waals surface area contributed by atoms with Gasteiger partial charge >= 0.3 is 5.97 Å². The molecule has 2 aromatic carbocycles. The molecule has 6 nitrogen and oxygen atoms in total. The van der Waals surface area contributed by atoms with Crippen LogP contribution in [0.15, 0.2) is 47.4 Å². The van der Waals surface area contributed by atoms with Gasteiger partial charge in [-0.1, -0.05) is 29.8 Å². The molecular formula is C19H20ClNO5S. The van der Waals surface area contributed by atoms with Crippen LogP contribution >= 0.6 is 11.6 Å². The standard InChI is InChI=1S/C19H20ClNO5S/c20-16-3-5-17(6-4-16)27(25,26)21-8-7-12-9-13-1-2-14(11-15(13)10-12)18(22)19(23)24/h1-6,11-12,18,21-22H,7-10H2,(H,23,24). The summed E-state index contributed by atoms with van der Waals surface area (Å²) in [6, 6.07) is 11.2. The normalized spacial score (nSPS) is 17.5. The molecule has 2 aromatic rings. The van der Waals surface area contributed by atoms with Crippen molar-refractivity contribution in [3.8, 4) is 0 Å². The lowest BCUT2D eigenvalue weighted by Gasteiger charge is -2.10. The van der Waals surface area contributed by atoms with E-state index in [0.29, 0.717) is 23.6 Å². The van der Waals surface area contributed by atoms with Crippen molar-refractivity contribution in [2.24, 2.45) is 5.92 Å². The summed E-state index contributed by atoms with van der Waals surface area (Å²) in [5.41, 5.74) is 2.49. The summed E-state index contributed by atoms with van der Waals surface area (Å²) in [6.45, 7) is 0.314. The van der Waals surface area contributed by atoms with Crippen molar-refractivity contribution in [1.29, 1.82) is 0 Å². The van der Waals surface area contributed by atoms with E-state index in [9.17, 15) is 18.3 Å². The second-order valence-electron chi connectivity index (χ2n) is 6.68. The Labute approximate surface area is 162 Å². The molecule has 144 valence electrons. The molecule has 2 atom stereocenters. The van der Waals surface area contributed by atoms with Crippen LogP contribution in [0.3, 0.4) is 0 Å².